The lowest BCUT2D eigenvalue weighted by atomic mass is 10.2. The summed E-state index contributed by atoms with van der Waals surface area (Å²) >= 11 is 13.3. The Morgan fingerprint density at radius 3 is 2.60 bits per heavy atom. The molecule has 9 heteroatoms. The first-order valence-electron chi connectivity index (χ1n) is 8.90. The van der Waals surface area contributed by atoms with Gasteiger partial charge in [-0.1, -0.05) is 35.3 Å². The number of nitrogens with one attached hydrogen (secondary N) is 1. The van der Waals surface area contributed by atoms with Crippen LogP contribution >= 0.6 is 34.5 Å². The smallest absolute Gasteiger partial charge is 0.324 e. The molecule has 30 heavy (non-hydrogen) atoms. The third kappa shape index (κ3) is 3.79. The maximum atomic E-state index is 13.2. The Hall–Kier alpha value is -2.87. The van der Waals surface area contributed by atoms with Crippen LogP contribution in [0.1, 0.15) is 5.56 Å². The van der Waals surface area contributed by atoms with E-state index in [1.54, 1.807) is 47.8 Å². The number of amides is 1. The third-order valence-corrected chi connectivity index (χ3v) is 5.96. The normalized spacial score (nSPS) is 11.0. The van der Waals surface area contributed by atoms with Crippen LogP contribution in [0.15, 0.2) is 63.5 Å². The van der Waals surface area contributed by atoms with Crippen LogP contribution in [0.25, 0.3) is 15.9 Å². The summed E-state index contributed by atoms with van der Waals surface area (Å²) in [6, 6.07) is 13.3. The van der Waals surface area contributed by atoms with Gasteiger partial charge in [-0.25, -0.2) is 9.36 Å². The van der Waals surface area contributed by atoms with Crippen LogP contribution in [0.4, 0.5) is 5.69 Å². The molecule has 0 aliphatic rings. The summed E-state index contributed by atoms with van der Waals surface area (Å²) in [4.78, 5) is 38.9. The Morgan fingerprint density at radius 2 is 1.83 bits per heavy atom. The summed E-state index contributed by atoms with van der Waals surface area (Å²) in [7, 11) is 0. The number of hydrogen-bond donors (Lipinski definition) is 1. The number of thiophene rings is 1. The number of rotatable bonds is 4. The van der Waals surface area contributed by atoms with Gasteiger partial charge in [0.15, 0.2) is 0 Å². The second-order valence-corrected chi connectivity index (χ2v) is 8.42. The number of nitrogens with zero attached hydrogens (tertiary/aromatic N) is 2. The van der Waals surface area contributed by atoms with E-state index >= 15 is 0 Å². The maximum Gasteiger partial charge on any atom is 0.336 e. The van der Waals surface area contributed by atoms with Crippen molar-refractivity contribution < 1.29 is 4.79 Å². The second-order valence-electron chi connectivity index (χ2n) is 6.63. The van der Waals surface area contributed by atoms with Crippen LogP contribution in [0.5, 0.6) is 0 Å². The van der Waals surface area contributed by atoms with E-state index in [1.807, 2.05) is 6.92 Å². The Morgan fingerprint density at radius 1 is 1.07 bits per heavy atom. The van der Waals surface area contributed by atoms with Crippen LogP contribution in [0.3, 0.4) is 0 Å². The zero-order chi connectivity index (χ0) is 21.4. The van der Waals surface area contributed by atoms with Gasteiger partial charge in [0.05, 0.1) is 11.2 Å². The number of benzene rings is 2. The van der Waals surface area contributed by atoms with Crippen LogP contribution < -0.4 is 16.6 Å². The zero-order valence-corrected chi connectivity index (χ0v) is 18.0. The van der Waals surface area contributed by atoms with Crippen molar-refractivity contribution in [3.8, 4) is 5.69 Å². The molecule has 4 rings (SSSR count). The fourth-order valence-electron chi connectivity index (χ4n) is 3.15. The molecule has 6 nitrogen and oxygen atoms in total. The van der Waals surface area contributed by atoms with Gasteiger partial charge < -0.3 is 5.32 Å². The average Bonchev–Trinajstić information content (AvgIpc) is 3.18. The summed E-state index contributed by atoms with van der Waals surface area (Å²) < 4.78 is 2.69. The quantitative estimate of drug-likeness (QED) is 0.489. The number of hydrogen-bond acceptors (Lipinski definition) is 4. The van der Waals surface area contributed by atoms with Crippen LogP contribution in [-0.4, -0.2) is 15.0 Å². The first-order valence-corrected chi connectivity index (χ1v) is 10.5. The van der Waals surface area contributed by atoms with E-state index in [4.69, 9.17) is 23.2 Å². The van der Waals surface area contributed by atoms with Gasteiger partial charge in [0.2, 0.25) is 5.91 Å². The van der Waals surface area contributed by atoms with Crippen LogP contribution in [-0.2, 0) is 11.3 Å². The topological polar surface area (TPSA) is 73.1 Å². The molecule has 0 radical (unpaired) electrons. The fourth-order valence-corrected chi connectivity index (χ4v) is 4.33. The van der Waals surface area contributed by atoms with E-state index < -0.39 is 17.2 Å². The lowest BCUT2D eigenvalue weighted by Gasteiger charge is -2.13. The molecule has 0 unspecified atom stereocenters. The first kappa shape index (κ1) is 20.4. The molecule has 2 aromatic heterocycles. The molecular formula is C21H15Cl2N3O3S. The van der Waals surface area contributed by atoms with Crippen LogP contribution in [0.2, 0.25) is 10.0 Å². The SMILES string of the molecule is Cc1ccc(Cl)cc1NC(=O)Cn1c(=O)n(-c2cccc(Cl)c2)c(=O)c2sccc21. The van der Waals surface area contributed by atoms with Gasteiger partial charge in [-0.15, -0.1) is 11.3 Å². The van der Waals surface area contributed by atoms with Gasteiger partial charge in [0.25, 0.3) is 5.56 Å². The molecule has 1 N–H and O–H groups in total. The van der Waals surface area contributed by atoms with Gasteiger partial charge in [0, 0.05) is 15.7 Å². The predicted molar refractivity (Wildman–Crippen MR) is 122 cm³/mol. The van der Waals surface area contributed by atoms with Gasteiger partial charge in [-0.2, -0.15) is 0 Å². The van der Waals surface area contributed by atoms with E-state index in [0.29, 0.717) is 31.6 Å². The fraction of sp³-hybridized carbons (Fsp3) is 0.0952. The number of carbonyl (C=O) groups is 1. The van der Waals surface area contributed by atoms with Crippen molar-refractivity contribution in [3.05, 3.63) is 90.4 Å². The molecule has 0 saturated carbocycles. The number of anilines is 1. The van der Waals surface area contributed by atoms with E-state index in [0.717, 1.165) is 10.1 Å². The number of aromatic nitrogens is 2. The number of aryl methyl sites for hydroxylation is 1. The summed E-state index contributed by atoms with van der Waals surface area (Å²) in [5.41, 5.74) is 1.08. The molecule has 4 aromatic rings. The third-order valence-electron chi connectivity index (χ3n) is 4.60. The molecule has 2 aromatic carbocycles. The van der Waals surface area contributed by atoms with Crippen molar-refractivity contribution in [3.63, 3.8) is 0 Å². The highest BCUT2D eigenvalue weighted by Gasteiger charge is 2.18. The molecule has 0 aliphatic carbocycles. The minimum absolute atomic E-state index is 0.265. The monoisotopic (exact) mass is 459 g/mol. The highest BCUT2D eigenvalue weighted by atomic mass is 35.5. The van der Waals surface area contributed by atoms with Crippen LogP contribution in [0, 0.1) is 6.92 Å². The molecule has 0 aliphatic heterocycles. The summed E-state index contributed by atoms with van der Waals surface area (Å²) in [6.07, 6.45) is 0. The van der Waals surface area contributed by atoms with Crippen molar-refractivity contribution in [2.24, 2.45) is 0 Å². The molecule has 2 heterocycles. The molecule has 0 bridgehead atoms. The highest BCUT2D eigenvalue weighted by molar-refractivity contribution is 7.17. The molecule has 0 saturated heterocycles. The van der Waals surface area contributed by atoms with E-state index in [1.165, 1.54) is 22.0 Å². The lowest BCUT2D eigenvalue weighted by molar-refractivity contribution is -0.116. The van der Waals surface area contributed by atoms with Gasteiger partial charge >= 0.3 is 5.69 Å². The number of fused-ring (bicyclic) bond motifs is 1. The van der Waals surface area contributed by atoms with Gasteiger partial charge in [-0.05, 0) is 54.3 Å². The minimum atomic E-state index is -0.619. The number of halogens is 2. The van der Waals surface area contributed by atoms with Crippen molar-refractivity contribution in [2.45, 2.75) is 13.5 Å². The molecule has 152 valence electrons. The maximum absolute atomic E-state index is 13.2. The largest absolute Gasteiger partial charge is 0.336 e. The summed E-state index contributed by atoms with van der Waals surface area (Å²) in [6.45, 7) is 1.58. The van der Waals surface area contributed by atoms with Gasteiger partial charge in [0.1, 0.15) is 11.2 Å². The molecule has 0 atom stereocenters. The molecule has 0 spiro atoms. The molecular weight excluding hydrogens is 445 g/mol. The van der Waals surface area contributed by atoms with Crippen molar-refractivity contribution in [1.82, 2.24) is 9.13 Å². The lowest BCUT2D eigenvalue weighted by Crippen LogP contribution is -2.40. The Balaban J connectivity index is 1.80. The second kappa shape index (κ2) is 8.10. The Kier molecular flexibility index (Phi) is 5.51. The highest BCUT2D eigenvalue weighted by Crippen LogP contribution is 2.21. The Bertz CT molecular complexity index is 1400. The zero-order valence-electron chi connectivity index (χ0n) is 15.7. The average molecular weight is 460 g/mol. The first-order chi connectivity index (χ1) is 14.3. The van der Waals surface area contributed by atoms with E-state index in [9.17, 15) is 14.4 Å². The Labute approximate surface area is 184 Å². The number of carbonyl (C=O) groups excluding carboxylic acids is 1. The van der Waals surface area contributed by atoms with Crippen molar-refractivity contribution in [1.29, 1.82) is 0 Å². The van der Waals surface area contributed by atoms with Gasteiger partial charge in [-0.3, -0.25) is 14.2 Å². The molecule has 0 fully saturated rings. The van der Waals surface area contributed by atoms with Crippen molar-refractivity contribution in [2.75, 3.05) is 5.32 Å². The predicted octanol–water partition coefficient (Wildman–Crippen LogP) is 4.47. The summed E-state index contributed by atoms with van der Waals surface area (Å²) in [5, 5.41) is 5.37. The standard InChI is InChI=1S/C21H15Cl2N3O3S/c1-12-5-6-14(23)10-16(12)24-18(27)11-25-17-7-8-30-19(17)20(28)26(21(25)29)15-4-2-3-13(22)9-15/h2-10H,11H2,1H3,(H,24,27). The van der Waals surface area contributed by atoms with E-state index in [-0.39, 0.29) is 6.54 Å². The summed E-state index contributed by atoms with van der Waals surface area (Å²) in [5.74, 6) is -0.411. The van der Waals surface area contributed by atoms with Crippen molar-refractivity contribution >= 4 is 56.3 Å². The molecule has 1 amide bonds. The van der Waals surface area contributed by atoms with E-state index in [2.05, 4.69) is 5.32 Å². The minimum Gasteiger partial charge on any atom is -0.324 e.